The van der Waals surface area contributed by atoms with E-state index in [0.29, 0.717) is 17.8 Å². The van der Waals surface area contributed by atoms with Crippen LogP contribution in [0, 0.1) is 0 Å². The van der Waals surface area contributed by atoms with E-state index in [1.165, 1.54) is 0 Å². The molecule has 0 aliphatic rings. The van der Waals surface area contributed by atoms with Gasteiger partial charge in [0.15, 0.2) is 0 Å². The molecule has 98 valence electrons. The van der Waals surface area contributed by atoms with Gasteiger partial charge in [-0.25, -0.2) is 0 Å². The summed E-state index contributed by atoms with van der Waals surface area (Å²) in [6.07, 6.45) is 1.60. The largest absolute Gasteiger partial charge is 0.325 e. The zero-order chi connectivity index (χ0) is 13.8. The van der Waals surface area contributed by atoms with Crippen LogP contribution < -0.4 is 10.6 Å². The molecule has 0 radical (unpaired) electrons. The minimum atomic E-state index is -0.0935. The van der Waals surface area contributed by atoms with Crippen molar-refractivity contribution in [2.75, 3.05) is 11.9 Å². The third kappa shape index (κ3) is 3.00. The molecule has 19 heavy (non-hydrogen) atoms. The van der Waals surface area contributed by atoms with Crippen LogP contribution >= 0.6 is 15.9 Å². The Balaban J connectivity index is 2.31. The first kappa shape index (κ1) is 13.7. The van der Waals surface area contributed by atoms with E-state index in [2.05, 4.69) is 20.9 Å². The molecular formula is C14H14BrN3O. The van der Waals surface area contributed by atoms with Gasteiger partial charge in [-0.3, -0.25) is 9.78 Å². The van der Waals surface area contributed by atoms with Gasteiger partial charge < -0.3 is 10.6 Å². The Kier molecular flexibility index (Phi) is 4.29. The molecule has 1 aromatic carbocycles. The van der Waals surface area contributed by atoms with E-state index in [1.807, 2.05) is 24.3 Å². The number of pyridine rings is 1. The molecule has 0 aliphatic heterocycles. The van der Waals surface area contributed by atoms with Gasteiger partial charge in [0.1, 0.15) is 0 Å². The monoisotopic (exact) mass is 319 g/mol. The topological polar surface area (TPSA) is 59.2 Å². The molecule has 0 atom stereocenters. The second-order valence-electron chi connectivity index (χ2n) is 4.06. The Morgan fingerprint density at radius 2 is 2.11 bits per heavy atom. The number of nitrogens with zero attached hydrogens (tertiary/aromatic N) is 2. The lowest BCUT2D eigenvalue weighted by molar-refractivity contribution is 0.0992. The summed E-state index contributed by atoms with van der Waals surface area (Å²) in [7, 11) is 1.74. The van der Waals surface area contributed by atoms with E-state index >= 15 is 0 Å². The number of rotatable bonds is 3. The maximum atomic E-state index is 12.4. The summed E-state index contributed by atoms with van der Waals surface area (Å²) in [5.74, 6) is -0.0935. The Morgan fingerprint density at radius 1 is 1.37 bits per heavy atom. The smallest absolute Gasteiger partial charge is 0.258 e. The van der Waals surface area contributed by atoms with Crippen molar-refractivity contribution in [1.82, 2.24) is 4.98 Å². The Labute approximate surface area is 120 Å². The number of nitrogens with two attached hydrogens (primary N) is 1. The maximum Gasteiger partial charge on any atom is 0.258 e. The van der Waals surface area contributed by atoms with Crippen LogP contribution in [0.25, 0.3) is 0 Å². The molecule has 2 aromatic rings. The van der Waals surface area contributed by atoms with Gasteiger partial charge in [0, 0.05) is 29.8 Å². The molecule has 1 amide bonds. The standard InChI is InChI=1S/C14H14BrN3O/c1-18(13-5-3-2-4-12(13)15)14(19)10-6-7-17-11(8-10)9-16/h2-8H,9,16H2,1H3. The van der Waals surface area contributed by atoms with Crippen LogP contribution in [0.15, 0.2) is 47.1 Å². The van der Waals surface area contributed by atoms with Crippen LogP contribution in [0.1, 0.15) is 16.1 Å². The Hall–Kier alpha value is -1.72. The normalized spacial score (nSPS) is 10.3. The molecular weight excluding hydrogens is 306 g/mol. The number of carbonyl (C=O) groups excluding carboxylic acids is 1. The first-order valence-corrected chi connectivity index (χ1v) is 6.60. The zero-order valence-corrected chi connectivity index (χ0v) is 12.1. The quantitative estimate of drug-likeness (QED) is 0.945. The number of benzene rings is 1. The number of carbonyl (C=O) groups is 1. The van der Waals surface area contributed by atoms with E-state index in [0.717, 1.165) is 10.2 Å². The van der Waals surface area contributed by atoms with Crippen LogP contribution in [0.2, 0.25) is 0 Å². The van der Waals surface area contributed by atoms with Gasteiger partial charge in [-0.2, -0.15) is 0 Å². The summed E-state index contributed by atoms with van der Waals surface area (Å²) < 4.78 is 0.874. The van der Waals surface area contributed by atoms with Crippen LogP contribution in [-0.4, -0.2) is 17.9 Å². The van der Waals surface area contributed by atoms with Crippen molar-refractivity contribution < 1.29 is 4.79 Å². The van der Waals surface area contributed by atoms with Crippen molar-refractivity contribution in [3.63, 3.8) is 0 Å². The molecule has 0 saturated carbocycles. The molecule has 0 saturated heterocycles. The van der Waals surface area contributed by atoms with Gasteiger partial charge in [0.25, 0.3) is 5.91 Å². The molecule has 5 heteroatoms. The number of hydrogen-bond acceptors (Lipinski definition) is 3. The first-order valence-electron chi connectivity index (χ1n) is 5.81. The van der Waals surface area contributed by atoms with Gasteiger partial charge in [0.2, 0.25) is 0 Å². The fourth-order valence-electron chi connectivity index (χ4n) is 1.75. The summed E-state index contributed by atoms with van der Waals surface area (Å²) in [5.41, 5.74) is 7.63. The lowest BCUT2D eigenvalue weighted by Gasteiger charge is -2.19. The van der Waals surface area contributed by atoms with Gasteiger partial charge in [-0.05, 0) is 40.2 Å². The van der Waals surface area contributed by atoms with Crippen molar-refractivity contribution in [2.45, 2.75) is 6.54 Å². The lowest BCUT2D eigenvalue weighted by atomic mass is 10.2. The average Bonchev–Trinajstić information content (AvgIpc) is 2.46. The summed E-state index contributed by atoms with van der Waals surface area (Å²) in [6.45, 7) is 0.319. The number of anilines is 1. The molecule has 0 fully saturated rings. The number of halogens is 1. The molecule has 0 bridgehead atoms. The fourth-order valence-corrected chi connectivity index (χ4v) is 2.30. The Bertz CT molecular complexity index is 601. The van der Waals surface area contributed by atoms with Gasteiger partial charge in [-0.1, -0.05) is 12.1 Å². The average molecular weight is 320 g/mol. The van der Waals surface area contributed by atoms with Crippen LogP contribution in [0.4, 0.5) is 5.69 Å². The molecule has 4 nitrogen and oxygen atoms in total. The molecule has 2 rings (SSSR count). The SMILES string of the molecule is CN(C(=O)c1ccnc(CN)c1)c1ccccc1Br. The van der Waals surface area contributed by atoms with Crippen molar-refractivity contribution in [3.8, 4) is 0 Å². The summed E-state index contributed by atoms with van der Waals surface area (Å²) in [4.78, 5) is 18.1. The second kappa shape index (κ2) is 5.95. The highest BCUT2D eigenvalue weighted by molar-refractivity contribution is 9.10. The molecule has 0 aliphatic carbocycles. The summed E-state index contributed by atoms with van der Waals surface area (Å²) >= 11 is 3.44. The Morgan fingerprint density at radius 3 is 2.79 bits per heavy atom. The minimum absolute atomic E-state index is 0.0935. The highest BCUT2D eigenvalue weighted by atomic mass is 79.9. The van der Waals surface area contributed by atoms with E-state index in [1.54, 1.807) is 30.3 Å². The third-order valence-electron chi connectivity index (χ3n) is 2.79. The fraction of sp³-hybridized carbons (Fsp3) is 0.143. The predicted octanol–water partition coefficient (Wildman–Crippen LogP) is 2.58. The second-order valence-corrected chi connectivity index (χ2v) is 4.91. The number of amides is 1. The number of para-hydroxylation sites is 1. The van der Waals surface area contributed by atoms with Crippen molar-refractivity contribution >= 4 is 27.5 Å². The predicted molar refractivity (Wildman–Crippen MR) is 79.0 cm³/mol. The van der Waals surface area contributed by atoms with E-state index in [-0.39, 0.29) is 5.91 Å². The van der Waals surface area contributed by atoms with Crippen molar-refractivity contribution in [2.24, 2.45) is 5.73 Å². The van der Waals surface area contributed by atoms with Crippen LogP contribution in [0.5, 0.6) is 0 Å². The maximum absolute atomic E-state index is 12.4. The molecule has 1 heterocycles. The molecule has 0 unspecified atom stereocenters. The molecule has 1 aromatic heterocycles. The van der Waals surface area contributed by atoms with E-state index in [4.69, 9.17) is 5.73 Å². The highest BCUT2D eigenvalue weighted by Crippen LogP contribution is 2.25. The van der Waals surface area contributed by atoms with Crippen molar-refractivity contribution in [1.29, 1.82) is 0 Å². The first-order chi connectivity index (χ1) is 9.13. The third-order valence-corrected chi connectivity index (χ3v) is 3.46. The molecule has 0 spiro atoms. The number of hydrogen-bond donors (Lipinski definition) is 1. The van der Waals surface area contributed by atoms with E-state index in [9.17, 15) is 4.79 Å². The van der Waals surface area contributed by atoms with Gasteiger partial charge >= 0.3 is 0 Å². The van der Waals surface area contributed by atoms with Gasteiger partial charge in [-0.15, -0.1) is 0 Å². The number of aromatic nitrogens is 1. The minimum Gasteiger partial charge on any atom is -0.325 e. The summed E-state index contributed by atoms with van der Waals surface area (Å²) in [6, 6.07) is 11.0. The highest BCUT2D eigenvalue weighted by Gasteiger charge is 2.15. The van der Waals surface area contributed by atoms with Gasteiger partial charge in [0.05, 0.1) is 11.4 Å². The van der Waals surface area contributed by atoms with E-state index < -0.39 is 0 Å². The molecule has 2 N–H and O–H groups in total. The zero-order valence-electron chi connectivity index (χ0n) is 10.5. The van der Waals surface area contributed by atoms with Crippen molar-refractivity contribution in [3.05, 3.63) is 58.3 Å². The summed E-state index contributed by atoms with van der Waals surface area (Å²) in [5, 5.41) is 0. The van der Waals surface area contributed by atoms with Crippen LogP contribution in [0.3, 0.4) is 0 Å². The van der Waals surface area contributed by atoms with Crippen LogP contribution in [-0.2, 0) is 6.54 Å². The lowest BCUT2D eigenvalue weighted by Crippen LogP contribution is -2.26.